The van der Waals surface area contributed by atoms with Crippen LogP contribution in [-0.4, -0.2) is 36.3 Å². The summed E-state index contributed by atoms with van der Waals surface area (Å²) in [5.74, 6) is 0.640. The Morgan fingerprint density at radius 1 is 1.24 bits per heavy atom. The molecular weight excluding hydrogens is 266 g/mol. The summed E-state index contributed by atoms with van der Waals surface area (Å²) < 4.78 is 10.9. The van der Waals surface area contributed by atoms with E-state index in [1.807, 2.05) is 13.1 Å². The van der Waals surface area contributed by atoms with Crippen molar-refractivity contribution in [3.05, 3.63) is 17.5 Å². The summed E-state index contributed by atoms with van der Waals surface area (Å²) in [4.78, 5) is 8.62. The van der Waals surface area contributed by atoms with Gasteiger partial charge in [-0.3, -0.25) is 0 Å². The summed E-state index contributed by atoms with van der Waals surface area (Å²) in [6.45, 7) is 12.2. The molecule has 0 aliphatic heterocycles. The first-order valence-electron chi connectivity index (χ1n) is 7.87. The molecule has 5 heteroatoms. The molecule has 0 bridgehead atoms. The zero-order valence-electron chi connectivity index (χ0n) is 13.8. The fourth-order valence-corrected chi connectivity index (χ4v) is 1.75. The molecular formula is C16H29N3O2. The van der Waals surface area contributed by atoms with Crippen molar-refractivity contribution in [1.82, 2.24) is 15.3 Å². The van der Waals surface area contributed by atoms with E-state index in [4.69, 9.17) is 9.47 Å². The normalized spacial score (nSPS) is 11.1. The van der Waals surface area contributed by atoms with Crippen molar-refractivity contribution >= 4 is 0 Å². The first kappa shape index (κ1) is 17.9. The molecule has 0 amide bonds. The quantitative estimate of drug-likeness (QED) is 0.636. The van der Waals surface area contributed by atoms with E-state index < -0.39 is 0 Å². The van der Waals surface area contributed by atoms with E-state index in [9.17, 15) is 0 Å². The third-order valence-corrected chi connectivity index (χ3v) is 3.03. The van der Waals surface area contributed by atoms with E-state index in [2.05, 4.69) is 36.1 Å². The molecule has 0 atom stereocenters. The van der Waals surface area contributed by atoms with Crippen LogP contribution in [0, 0.1) is 12.8 Å². The number of nitrogens with zero attached hydrogens (tertiary/aromatic N) is 2. The SMILES string of the molecule is CCCCOCCOc1ncc(CNCC(C)C)c(C)n1. The van der Waals surface area contributed by atoms with Gasteiger partial charge in [-0.25, -0.2) is 9.97 Å². The number of ether oxygens (including phenoxy) is 2. The van der Waals surface area contributed by atoms with Crippen LogP contribution >= 0.6 is 0 Å². The highest BCUT2D eigenvalue weighted by Crippen LogP contribution is 2.08. The van der Waals surface area contributed by atoms with Crippen LogP contribution < -0.4 is 10.1 Å². The molecule has 0 saturated heterocycles. The lowest BCUT2D eigenvalue weighted by Crippen LogP contribution is -2.20. The van der Waals surface area contributed by atoms with E-state index in [-0.39, 0.29) is 0 Å². The Balaban J connectivity index is 2.29. The van der Waals surface area contributed by atoms with Crippen molar-refractivity contribution in [1.29, 1.82) is 0 Å². The van der Waals surface area contributed by atoms with Gasteiger partial charge in [-0.2, -0.15) is 0 Å². The summed E-state index contributed by atoms with van der Waals surface area (Å²) in [7, 11) is 0. The monoisotopic (exact) mass is 295 g/mol. The Morgan fingerprint density at radius 2 is 2.05 bits per heavy atom. The zero-order chi connectivity index (χ0) is 15.5. The topological polar surface area (TPSA) is 56.3 Å². The maximum atomic E-state index is 5.50. The summed E-state index contributed by atoms with van der Waals surface area (Å²) in [5, 5.41) is 3.39. The second-order valence-electron chi connectivity index (χ2n) is 5.60. The molecule has 0 aliphatic rings. The van der Waals surface area contributed by atoms with Crippen LogP contribution in [0.5, 0.6) is 6.01 Å². The Morgan fingerprint density at radius 3 is 2.71 bits per heavy atom. The lowest BCUT2D eigenvalue weighted by molar-refractivity contribution is 0.0946. The van der Waals surface area contributed by atoms with E-state index in [0.717, 1.165) is 43.8 Å². The van der Waals surface area contributed by atoms with Crippen LogP contribution in [0.4, 0.5) is 0 Å². The van der Waals surface area contributed by atoms with Gasteiger partial charge in [-0.1, -0.05) is 27.2 Å². The molecule has 1 rings (SSSR count). The molecule has 1 aromatic heterocycles. The molecule has 0 saturated carbocycles. The molecule has 120 valence electrons. The number of aryl methyl sites for hydroxylation is 1. The van der Waals surface area contributed by atoms with Gasteiger partial charge in [0.1, 0.15) is 6.61 Å². The minimum absolute atomic E-state index is 0.430. The largest absolute Gasteiger partial charge is 0.461 e. The van der Waals surface area contributed by atoms with Crippen molar-refractivity contribution in [2.24, 2.45) is 5.92 Å². The third kappa shape index (κ3) is 7.97. The van der Waals surface area contributed by atoms with Crippen molar-refractivity contribution < 1.29 is 9.47 Å². The van der Waals surface area contributed by atoms with Gasteiger partial charge in [0.05, 0.1) is 6.61 Å². The van der Waals surface area contributed by atoms with Gasteiger partial charge in [-0.15, -0.1) is 0 Å². The van der Waals surface area contributed by atoms with E-state index in [1.165, 1.54) is 0 Å². The minimum Gasteiger partial charge on any atom is -0.461 e. The Hall–Kier alpha value is -1.20. The maximum Gasteiger partial charge on any atom is 0.316 e. The van der Waals surface area contributed by atoms with E-state index in [0.29, 0.717) is 25.1 Å². The summed E-state index contributed by atoms with van der Waals surface area (Å²) in [6, 6.07) is 0.430. The average molecular weight is 295 g/mol. The van der Waals surface area contributed by atoms with Crippen LogP contribution in [0.1, 0.15) is 44.9 Å². The van der Waals surface area contributed by atoms with Gasteiger partial charge < -0.3 is 14.8 Å². The summed E-state index contributed by atoms with van der Waals surface area (Å²) in [6.07, 6.45) is 4.08. The molecule has 0 aliphatic carbocycles. The average Bonchev–Trinajstić information content (AvgIpc) is 2.44. The molecule has 0 fully saturated rings. The second kappa shape index (κ2) is 10.5. The lowest BCUT2D eigenvalue weighted by Gasteiger charge is -2.10. The number of unbranched alkanes of at least 4 members (excludes halogenated alkanes) is 1. The molecule has 1 aromatic rings. The molecule has 5 nitrogen and oxygen atoms in total. The highest BCUT2D eigenvalue weighted by atomic mass is 16.5. The number of rotatable bonds is 11. The first-order chi connectivity index (χ1) is 10.1. The van der Waals surface area contributed by atoms with Gasteiger partial charge in [-0.05, 0) is 25.8 Å². The van der Waals surface area contributed by atoms with E-state index >= 15 is 0 Å². The summed E-state index contributed by atoms with van der Waals surface area (Å²) >= 11 is 0. The van der Waals surface area contributed by atoms with Crippen LogP contribution in [0.15, 0.2) is 6.20 Å². The number of hydrogen-bond donors (Lipinski definition) is 1. The number of aromatic nitrogens is 2. The van der Waals surface area contributed by atoms with Crippen LogP contribution in [0.2, 0.25) is 0 Å². The van der Waals surface area contributed by atoms with Gasteiger partial charge in [0.15, 0.2) is 0 Å². The molecule has 1 heterocycles. The smallest absolute Gasteiger partial charge is 0.316 e. The first-order valence-corrected chi connectivity index (χ1v) is 7.87. The van der Waals surface area contributed by atoms with Crippen molar-refractivity contribution in [3.63, 3.8) is 0 Å². The maximum absolute atomic E-state index is 5.50. The fourth-order valence-electron chi connectivity index (χ4n) is 1.75. The molecule has 0 spiro atoms. The Labute approximate surface area is 128 Å². The van der Waals surface area contributed by atoms with Crippen LogP contribution in [-0.2, 0) is 11.3 Å². The number of hydrogen-bond acceptors (Lipinski definition) is 5. The minimum atomic E-state index is 0.430. The third-order valence-electron chi connectivity index (χ3n) is 3.03. The molecule has 0 aromatic carbocycles. The molecule has 0 radical (unpaired) electrons. The number of nitrogens with one attached hydrogen (secondary N) is 1. The van der Waals surface area contributed by atoms with Gasteiger partial charge >= 0.3 is 6.01 Å². The van der Waals surface area contributed by atoms with E-state index in [1.54, 1.807) is 0 Å². The summed E-state index contributed by atoms with van der Waals surface area (Å²) in [5.41, 5.74) is 2.07. The molecule has 1 N–H and O–H groups in total. The van der Waals surface area contributed by atoms with Gasteiger partial charge in [0.25, 0.3) is 0 Å². The Bertz CT molecular complexity index is 397. The van der Waals surface area contributed by atoms with Crippen molar-refractivity contribution in [2.45, 2.75) is 47.1 Å². The van der Waals surface area contributed by atoms with Crippen molar-refractivity contribution in [2.75, 3.05) is 26.4 Å². The van der Waals surface area contributed by atoms with Gasteiger partial charge in [0, 0.05) is 30.6 Å². The predicted octanol–water partition coefficient (Wildman–Crippen LogP) is 2.73. The predicted molar refractivity (Wildman–Crippen MR) is 84.5 cm³/mol. The zero-order valence-corrected chi connectivity index (χ0v) is 13.8. The van der Waals surface area contributed by atoms with Crippen LogP contribution in [0.25, 0.3) is 0 Å². The Kier molecular flexibility index (Phi) is 8.94. The molecule has 21 heavy (non-hydrogen) atoms. The second-order valence-corrected chi connectivity index (χ2v) is 5.60. The van der Waals surface area contributed by atoms with Gasteiger partial charge in [0.2, 0.25) is 0 Å². The fraction of sp³-hybridized carbons (Fsp3) is 0.750. The standard InChI is InChI=1S/C16H29N3O2/c1-5-6-7-20-8-9-21-16-18-12-15(14(4)19-16)11-17-10-13(2)3/h12-13,17H,5-11H2,1-4H3. The molecule has 0 unspecified atom stereocenters. The highest BCUT2D eigenvalue weighted by molar-refractivity contribution is 5.17. The highest BCUT2D eigenvalue weighted by Gasteiger charge is 2.04. The van der Waals surface area contributed by atoms with Crippen molar-refractivity contribution in [3.8, 4) is 6.01 Å². The lowest BCUT2D eigenvalue weighted by atomic mass is 10.2. The van der Waals surface area contributed by atoms with Crippen LogP contribution in [0.3, 0.4) is 0 Å².